The largest absolute Gasteiger partial charge is 0.370 e. The van der Waals surface area contributed by atoms with Crippen molar-refractivity contribution in [3.05, 3.63) is 71.9 Å². The summed E-state index contributed by atoms with van der Waals surface area (Å²) in [6.07, 6.45) is 13.5. The summed E-state index contributed by atoms with van der Waals surface area (Å²) in [5.74, 6) is 2.04. The number of hydrogen-bond acceptors (Lipinski definition) is 5. The molecule has 0 bridgehead atoms. The number of hydrogen-bond donors (Lipinski definition) is 2. The van der Waals surface area contributed by atoms with Gasteiger partial charge in [-0.25, -0.2) is 14.4 Å². The minimum atomic E-state index is -0.330. The van der Waals surface area contributed by atoms with Gasteiger partial charge in [-0.15, -0.1) is 0 Å². The van der Waals surface area contributed by atoms with Crippen molar-refractivity contribution in [2.75, 3.05) is 23.3 Å². The Bertz CT molecular complexity index is 1510. The number of pyridine rings is 2. The zero-order valence-electron chi connectivity index (χ0n) is 21.3. The van der Waals surface area contributed by atoms with Crippen LogP contribution >= 0.6 is 0 Å². The molecule has 1 amide bonds. The molecule has 1 saturated carbocycles. The van der Waals surface area contributed by atoms with Crippen molar-refractivity contribution < 1.29 is 9.18 Å². The first kappa shape index (κ1) is 23.2. The van der Waals surface area contributed by atoms with E-state index in [1.165, 1.54) is 50.7 Å². The lowest BCUT2D eigenvalue weighted by Crippen LogP contribution is -2.35. The summed E-state index contributed by atoms with van der Waals surface area (Å²) in [5, 5.41) is 6.32. The predicted molar refractivity (Wildman–Crippen MR) is 146 cm³/mol. The molecule has 7 nitrogen and oxygen atoms in total. The maximum Gasteiger partial charge on any atom is 0.254 e. The molecule has 8 heteroatoms. The molecule has 1 aromatic carbocycles. The van der Waals surface area contributed by atoms with Crippen molar-refractivity contribution in [2.45, 2.75) is 45.1 Å². The van der Waals surface area contributed by atoms with Gasteiger partial charge in [0.05, 0.1) is 35.0 Å². The standard InChI is InChI=1S/C30H31FN6O/c31-21-11-13-37-26(17-33-28(37)14-21)23-8-9-25(29-24(23)16-34-30(29)38)35-27-10-7-22(15-32-27)36-12-1-2-20(18-36)6-5-19-3-4-19/h7-11,13-15,17,19-20H,1-6,12,16,18H2,(H,32,35)(H,34,38)/t20-/m0/s1. The van der Waals surface area contributed by atoms with E-state index in [9.17, 15) is 9.18 Å². The maximum absolute atomic E-state index is 13.7. The van der Waals surface area contributed by atoms with Gasteiger partial charge in [-0.1, -0.05) is 25.3 Å². The number of halogens is 1. The van der Waals surface area contributed by atoms with Crippen LogP contribution in [0.2, 0.25) is 0 Å². The number of amides is 1. The molecule has 2 N–H and O–H groups in total. The number of anilines is 3. The molecule has 38 heavy (non-hydrogen) atoms. The smallest absolute Gasteiger partial charge is 0.254 e. The number of carbonyl (C=O) groups excluding carboxylic acids is 1. The van der Waals surface area contributed by atoms with E-state index in [1.54, 1.807) is 12.4 Å². The molecular weight excluding hydrogens is 479 g/mol. The highest BCUT2D eigenvalue weighted by atomic mass is 19.1. The Balaban J connectivity index is 1.11. The molecular formula is C30H31FN6O. The first-order chi connectivity index (χ1) is 18.6. The van der Waals surface area contributed by atoms with Gasteiger partial charge in [-0.3, -0.25) is 9.20 Å². The van der Waals surface area contributed by atoms with E-state index in [0.29, 0.717) is 23.6 Å². The molecule has 0 radical (unpaired) electrons. The molecule has 7 rings (SSSR count). The Morgan fingerprint density at radius 3 is 2.76 bits per heavy atom. The molecule has 1 aliphatic carbocycles. The van der Waals surface area contributed by atoms with E-state index in [1.807, 2.05) is 28.8 Å². The van der Waals surface area contributed by atoms with Crippen LogP contribution in [0.3, 0.4) is 0 Å². The lowest BCUT2D eigenvalue weighted by atomic mass is 9.92. The van der Waals surface area contributed by atoms with E-state index in [0.717, 1.165) is 53.1 Å². The second kappa shape index (κ2) is 9.42. The first-order valence-corrected chi connectivity index (χ1v) is 13.7. The Morgan fingerprint density at radius 2 is 1.92 bits per heavy atom. The number of nitrogens with zero attached hydrogens (tertiary/aromatic N) is 4. The summed E-state index contributed by atoms with van der Waals surface area (Å²) < 4.78 is 15.5. The van der Waals surface area contributed by atoms with E-state index in [4.69, 9.17) is 4.98 Å². The van der Waals surface area contributed by atoms with E-state index in [-0.39, 0.29) is 11.7 Å². The fraction of sp³-hybridized carbons (Fsp3) is 0.367. The number of nitrogens with one attached hydrogen (secondary N) is 2. The van der Waals surface area contributed by atoms with Gasteiger partial charge in [0.15, 0.2) is 0 Å². The van der Waals surface area contributed by atoms with Crippen LogP contribution in [-0.4, -0.2) is 33.4 Å². The van der Waals surface area contributed by atoms with Crippen molar-refractivity contribution >= 4 is 28.7 Å². The van der Waals surface area contributed by atoms with Crippen LogP contribution in [0.15, 0.2) is 55.0 Å². The number of imidazole rings is 1. The van der Waals surface area contributed by atoms with Crippen LogP contribution in [0, 0.1) is 17.7 Å². The molecule has 0 spiro atoms. The number of benzene rings is 1. The third-order valence-corrected chi connectivity index (χ3v) is 8.29. The molecule has 3 aromatic heterocycles. The molecule has 194 valence electrons. The molecule has 1 atom stereocenters. The SMILES string of the molecule is O=C1NCc2c(-c3cnc4cc(F)ccn34)ccc(Nc3ccc(N4CCC[C@@H](CCC5CC5)C4)cn3)c21. The Hall–Kier alpha value is -3.94. The minimum Gasteiger partial charge on any atom is -0.370 e. The normalized spacial score (nSPS) is 19.0. The monoisotopic (exact) mass is 510 g/mol. The number of rotatable bonds is 7. The van der Waals surface area contributed by atoms with Crippen molar-refractivity contribution in [1.29, 1.82) is 0 Å². The molecule has 1 saturated heterocycles. The zero-order chi connectivity index (χ0) is 25.6. The van der Waals surface area contributed by atoms with Gasteiger partial charge >= 0.3 is 0 Å². The molecule has 2 aliphatic heterocycles. The van der Waals surface area contributed by atoms with Crippen LogP contribution < -0.4 is 15.5 Å². The van der Waals surface area contributed by atoms with Crippen LogP contribution in [0.4, 0.5) is 21.6 Å². The highest BCUT2D eigenvalue weighted by molar-refractivity contribution is 6.06. The summed E-state index contributed by atoms with van der Waals surface area (Å²) in [6, 6.07) is 10.8. The molecule has 4 aromatic rings. The summed E-state index contributed by atoms with van der Waals surface area (Å²) >= 11 is 0. The van der Waals surface area contributed by atoms with Gasteiger partial charge < -0.3 is 15.5 Å². The van der Waals surface area contributed by atoms with Crippen LogP contribution in [-0.2, 0) is 6.54 Å². The topological polar surface area (TPSA) is 74.6 Å². The molecule has 3 aliphatic rings. The molecule has 0 unspecified atom stereocenters. The third kappa shape index (κ3) is 4.38. The second-order valence-corrected chi connectivity index (χ2v) is 10.9. The number of fused-ring (bicyclic) bond motifs is 2. The number of carbonyl (C=O) groups is 1. The third-order valence-electron chi connectivity index (χ3n) is 8.29. The fourth-order valence-corrected chi connectivity index (χ4v) is 6.05. The van der Waals surface area contributed by atoms with Crippen LogP contribution in [0.25, 0.3) is 16.9 Å². The van der Waals surface area contributed by atoms with Crippen molar-refractivity contribution in [2.24, 2.45) is 11.8 Å². The van der Waals surface area contributed by atoms with Gasteiger partial charge in [0.2, 0.25) is 0 Å². The second-order valence-electron chi connectivity index (χ2n) is 10.9. The van der Waals surface area contributed by atoms with Crippen molar-refractivity contribution in [1.82, 2.24) is 19.7 Å². The van der Waals surface area contributed by atoms with E-state index < -0.39 is 0 Å². The Morgan fingerprint density at radius 1 is 1.03 bits per heavy atom. The summed E-state index contributed by atoms with van der Waals surface area (Å²) in [6.45, 7) is 2.63. The molecule has 2 fully saturated rings. The quantitative estimate of drug-likeness (QED) is 0.322. The maximum atomic E-state index is 13.7. The van der Waals surface area contributed by atoms with Crippen LogP contribution in [0.1, 0.15) is 54.4 Å². The van der Waals surface area contributed by atoms with Gasteiger partial charge in [0.25, 0.3) is 5.91 Å². The molecule has 5 heterocycles. The fourth-order valence-electron chi connectivity index (χ4n) is 6.05. The Labute approximate surface area is 221 Å². The summed E-state index contributed by atoms with van der Waals surface area (Å²) in [5.41, 5.74) is 5.63. The van der Waals surface area contributed by atoms with Crippen molar-refractivity contribution in [3.8, 4) is 11.3 Å². The average molecular weight is 511 g/mol. The zero-order valence-corrected chi connectivity index (χ0v) is 21.3. The lowest BCUT2D eigenvalue weighted by Gasteiger charge is -2.34. The van der Waals surface area contributed by atoms with Crippen LogP contribution in [0.5, 0.6) is 0 Å². The summed E-state index contributed by atoms with van der Waals surface area (Å²) in [7, 11) is 0. The van der Waals surface area contributed by atoms with E-state index in [2.05, 4.69) is 26.6 Å². The minimum absolute atomic E-state index is 0.119. The highest BCUT2D eigenvalue weighted by Crippen LogP contribution is 2.37. The Kier molecular flexibility index (Phi) is 5.75. The van der Waals surface area contributed by atoms with Gasteiger partial charge in [-0.05, 0) is 60.9 Å². The van der Waals surface area contributed by atoms with E-state index >= 15 is 0 Å². The number of piperidine rings is 1. The van der Waals surface area contributed by atoms with Gasteiger partial charge in [0, 0.05) is 37.5 Å². The van der Waals surface area contributed by atoms with Gasteiger partial charge in [-0.2, -0.15) is 0 Å². The first-order valence-electron chi connectivity index (χ1n) is 13.7. The number of aromatic nitrogens is 3. The van der Waals surface area contributed by atoms with Gasteiger partial charge in [0.1, 0.15) is 17.3 Å². The average Bonchev–Trinajstić information content (AvgIpc) is 3.56. The van der Waals surface area contributed by atoms with Crippen molar-refractivity contribution in [3.63, 3.8) is 0 Å². The summed E-state index contributed by atoms with van der Waals surface area (Å²) in [4.78, 5) is 24.4. The predicted octanol–water partition coefficient (Wildman–Crippen LogP) is 5.93. The lowest BCUT2D eigenvalue weighted by molar-refractivity contribution is 0.0966. The highest BCUT2D eigenvalue weighted by Gasteiger charge is 2.28.